The van der Waals surface area contributed by atoms with Crippen LogP contribution in [-0.2, 0) is 19.6 Å². The lowest BCUT2D eigenvalue weighted by molar-refractivity contribution is -0.144. The first-order chi connectivity index (χ1) is 9.90. The number of carbonyl (C=O) groups excluding carboxylic acids is 1. The lowest BCUT2D eigenvalue weighted by atomic mass is 10.1. The van der Waals surface area contributed by atoms with E-state index in [0.717, 1.165) is 0 Å². The molecule has 2 rings (SSSR count). The summed E-state index contributed by atoms with van der Waals surface area (Å²) >= 11 is 5.95. The fourth-order valence-electron chi connectivity index (χ4n) is 2.22. The second kappa shape index (κ2) is 6.02. The van der Waals surface area contributed by atoms with E-state index >= 15 is 0 Å². The summed E-state index contributed by atoms with van der Waals surface area (Å²) < 4.78 is 30.9. The first kappa shape index (κ1) is 15.8. The van der Waals surface area contributed by atoms with Gasteiger partial charge in [0.25, 0.3) is 0 Å². The van der Waals surface area contributed by atoms with Gasteiger partial charge < -0.3 is 4.74 Å². The molecule has 0 bridgehead atoms. The van der Waals surface area contributed by atoms with Crippen molar-refractivity contribution in [2.45, 2.75) is 11.3 Å². The van der Waals surface area contributed by atoms with Crippen molar-refractivity contribution in [3.05, 3.63) is 28.8 Å². The lowest BCUT2D eigenvalue weighted by Crippen LogP contribution is -2.30. The first-order valence-electron chi connectivity index (χ1n) is 6.17. The topological polar surface area (TPSA) is 87.5 Å². The fraction of sp³-hybridized carbons (Fsp3) is 0.385. The zero-order chi connectivity index (χ0) is 15.6. The Labute approximate surface area is 127 Å². The van der Waals surface area contributed by atoms with Crippen LogP contribution in [0.3, 0.4) is 0 Å². The van der Waals surface area contributed by atoms with E-state index in [1.54, 1.807) is 0 Å². The van der Waals surface area contributed by atoms with Gasteiger partial charge in [0.05, 0.1) is 29.7 Å². The highest BCUT2D eigenvalue weighted by atomic mass is 35.5. The minimum atomic E-state index is -3.78. The number of rotatable bonds is 3. The molecule has 1 heterocycles. The molecule has 1 saturated heterocycles. The smallest absolute Gasteiger partial charge is 0.310 e. The van der Waals surface area contributed by atoms with Crippen molar-refractivity contribution in [1.29, 1.82) is 5.26 Å². The standard InChI is InChI=1S/C13H13ClN2O4S/c1-20-13(17)10-4-5-16(8-10)21(18,19)12-3-2-9(7-15)6-11(12)14/h2-3,6,10H,4-5,8H2,1H3. The van der Waals surface area contributed by atoms with E-state index in [-0.39, 0.29) is 28.6 Å². The minimum Gasteiger partial charge on any atom is -0.469 e. The Morgan fingerprint density at radius 2 is 2.24 bits per heavy atom. The van der Waals surface area contributed by atoms with Crippen LogP contribution >= 0.6 is 11.6 Å². The van der Waals surface area contributed by atoms with Crippen molar-refractivity contribution < 1.29 is 17.9 Å². The van der Waals surface area contributed by atoms with Gasteiger partial charge in [0, 0.05) is 13.1 Å². The van der Waals surface area contributed by atoms with E-state index in [1.165, 1.54) is 29.6 Å². The van der Waals surface area contributed by atoms with Crippen molar-refractivity contribution in [2.75, 3.05) is 20.2 Å². The normalized spacial score (nSPS) is 19.2. The molecule has 1 fully saturated rings. The summed E-state index contributed by atoms with van der Waals surface area (Å²) in [5.74, 6) is -0.874. The molecule has 0 radical (unpaired) electrons. The summed E-state index contributed by atoms with van der Waals surface area (Å²) in [5.41, 5.74) is 0.285. The molecule has 0 aliphatic carbocycles. The van der Waals surface area contributed by atoms with Gasteiger partial charge in [-0.1, -0.05) is 11.6 Å². The Bertz CT molecular complexity index is 711. The van der Waals surface area contributed by atoms with Gasteiger partial charge in [0.2, 0.25) is 10.0 Å². The predicted octanol–water partition coefficient (Wildman–Crippen LogP) is 1.40. The zero-order valence-corrected chi connectivity index (χ0v) is 12.8. The number of esters is 1. The molecular weight excluding hydrogens is 316 g/mol. The van der Waals surface area contributed by atoms with Gasteiger partial charge in [-0.25, -0.2) is 8.42 Å². The van der Waals surface area contributed by atoms with Gasteiger partial charge in [-0.2, -0.15) is 9.57 Å². The number of ether oxygens (including phenoxy) is 1. The van der Waals surface area contributed by atoms with E-state index < -0.39 is 21.9 Å². The summed E-state index contributed by atoms with van der Waals surface area (Å²) in [5, 5.41) is 8.77. The summed E-state index contributed by atoms with van der Waals surface area (Å²) in [6, 6.07) is 5.90. The molecule has 21 heavy (non-hydrogen) atoms. The monoisotopic (exact) mass is 328 g/mol. The number of carbonyl (C=O) groups is 1. The Kier molecular flexibility index (Phi) is 4.52. The summed E-state index contributed by atoms with van der Waals surface area (Å²) in [4.78, 5) is 11.4. The molecule has 6 nitrogen and oxygen atoms in total. The van der Waals surface area contributed by atoms with Crippen LogP contribution in [-0.4, -0.2) is 38.9 Å². The molecule has 0 N–H and O–H groups in total. The number of sulfonamides is 1. The van der Waals surface area contributed by atoms with Crippen LogP contribution in [0.1, 0.15) is 12.0 Å². The molecule has 1 aromatic carbocycles. The highest BCUT2D eigenvalue weighted by Crippen LogP contribution is 2.29. The number of halogens is 1. The summed E-state index contributed by atoms with van der Waals surface area (Å²) in [6.07, 6.45) is 0.416. The van der Waals surface area contributed by atoms with E-state index in [1.807, 2.05) is 6.07 Å². The molecule has 0 aromatic heterocycles. The van der Waals surface area contributed by atoms with Crippen LogP contribution in [0.15, 0.2) is 23.1 Å². The van der Waals surface area contributed by atoms with Crippen LogP contribution in [0.25, 0.3) is 0 Å². The maximum absolute atomic E-state index is 12.5. The maximum Gasteiger partial charge on any atom is 0.310 e. The van der Waals surface area contributed by atoms with Crippen molar-refractivity contribution >= 4 is 27.6 Å². The highest BCUT2D eigenvalue weighted by molar-refractivity contribution is 7.89. The van der Waals surface area contributed by atoms with Crippen LogP contribution in [0.5, 0.6) is 0 Å². The minimum absolute atomic E-state index is 0.00410. The average Bonchev–Trinajstić information content (AvgIpc) is 2.96. The number of nitrogens with zero attached hydrogens (tertiary/aromatic N) is 2. The first-order valence-corrected chi connectivity index (χ1v) is 7.99. The third-order valence-corrected chi connectivity index (χ3v) is 5.71. The highest BCUT2D eigenvalue weighted by Gasteiger charge is 2.37. The number of hydrogen-bond acceptors (Lipinski definition) is 5. The van der Waals surface area contributed by atoms with Crippen LogP contribution < -0.4 is 0 Å². The van der Waals surface area contributed by atoms with Gasteiger partial charge in [-0.05, 0) is 24.6 Å². The Hall–Kier alpha value is -1.62. The third-order valence-electron chi connectivity index (χ3n) is 3.36. The number of benzene rings is 1. The molecule has 0 spiro atoms. The maximum atomic E-state index is 12.5. The molecule has 1 atom stereocenters. The van der Waals surface area contributed by atoms with Crippen molar-refractivity contribution in [2.24, 2.45) is 5.92 Å². The molecule has 1 aromatic rings. The SMILES string of the molecule is COC(=O)C1CCN(S(=O)(=O)c2ccc(C#N)cc2Cl)C1. The van der Waals surface area contributed by atoms with Gasteiger partial charge >= 0.3 is 5.97 Å². The van der Waals surface area contributed by atoms with Gasteiger partial charge in [0.15, 0.2) is 0 Å². The van der Waals surface area contributed by atoms with E-state index in [4.69, 9.17) is 16.9 Å². The fourth-order valence-corrected chi connectivity index (χ4v) is 4.24. The number of nitriles is 1. The van der Waals surface area contributed by atoms with Gasteiger partial charge in [-0.3, -0.25) is 4.79 Å². The summed E-state index contributed by atoms with van der Waals surface area (Å²) in [6.45, 7) is 0.309. The van der Waals surface area contributed by atoms with Crippen LogP contribution in [0.4, 0.5) is 0 Å². The molecule has 0 amide bonds. The Morgan fingerprint density at radius 1 is 1.52 bits per heavy atom. The van der Waals surface area contributed by atoms with Crippen molar-refractivity contribution in [1.82, 2.24) is 4.31 Å². The molecule has 0 saturated carbocycles. The van der Waals surface area contributed by atoms with E-state index in [2.05, 4.69) is 4.74 Å². The average molecular weight is 329 g/mol. The number of hydrogen-bond donors (Lipinski definition) is 0. The quantitative estimate of drug-likeness (QED) is 0.782. The van der Waals surface area contributed by atoms with Crippen molar-refractivity contribution in [3.63, 3.8) is 0 Å². The Balaban J connectivity index is 2.28. The predicted molar refractivity (Wildman–Crippen MR) is 75.0 cm³/mol. The van der Waals surface area contributed by atoms with Gasteiger partial charge in [0.1, 0.15) is 4.90 Å². The zero-order valence-electron chi connectivity index (χ0n) is 11.2. The van der Waals surface area contributed by atoms with E-state index in [9.17, 15) is 13.2 Å². The molecule has 112 valence electrons. The third kappa shape index (κ3) is 3.02. The largest absolute Gasteiger partial charge is 0.469 e. The number of methoxy groups -OCH3 is 1. The second-order valence-electron chi connectivity index (χ2n) is 4.63. The molecule has 1 aliphatic rings. The van der Waals surface area contributed by atoms with E-state index in [0.29, 0.717) is 6.42 Å². The van der Waals surface area contributed by atoms with Crippen molar-refractivity contribution in [3.8, 4) is 6.07 Å². The van der Waals surface area contributed by atoms with Crippen LogP contribution in [0.2, 0.25) is 5.02 Å². The Morgan fingerprint density at radius 3 is 2.81 bits per heavy atom. The second-order valence-corrected chi connectivity index (χ2v) is 6.94. The molecule has 1 unspecified atom stereocenters. The van der Waals surface area contributed by atoms with Gasteiger partial charge in [-0.15, -0.1) is 0 Å². The lowest BCUT2D eigenvalue weighted by Gasteiger charge is -2.17. The molecule has 8 heteroatoms. The summed E-state index contributed by atoms with van der Waals surface area (Å²) in [7, 11) is -2.51. The van der Waals surface area contributed by atoms with Crippen LogP contribution in [0, 0.1) is 17.2 Å². The molecular formula is C13H13ClN2O4S. The molecule has 1 aliphatic heterocycles.